The Hall–Kier alpha value is -0.960. The number of hydrogen-bond donors (Lipinski definition) is 1. The number of halogens is 1. The van der Waals surface area contributed by atoms with Crippen molar-refractivity contribution in [3.63, 3.8) is 0 Å². The molecule has 0 amide bonds. The first-order valence-electron chi connectivity index (χ1n) is 6.32. The lowest BCUT2D eigenvalue weighted by Gasteiger charge is -2.16. The summed E-state index contributed by atoms with van der Waals surface area (Å²) in [6.45, 7) is 2.71. The summed E-state index contributed by atoms with van der Waals surface area (Å²) in [7, 11) is 0. The van der Waals surface area contributed by atoms with Crippen LogP contribution in [0.25, 0.3) is 0 Å². The molecule has 0 saturated carbocycles. The first kappa shape index (κ1) is 14.4. The van der Waals surface area contributed by atoms with Crippen molar-refractivity contribution in [1.29, 1.82) is 0 Å². The molecule has 1 atom stereocenters. The Labute approximate surface area is 124 Å². The largest absolute Gasteiger partial charge is 0.329 e. The minimum absolute atomic E-state index is 0.245. The molecule has 1 nitrogen and oxygen atoms in total. The minimum Gasteiger partial charge on any atom is -0.329 e. The zero-order chi connectivity index (χ0) is 13.7. The van der Waals surface area contributed by atoms with Crippen LogP contribution in [0.4, 0.5) is 0 Å². The molecule has 2 N–H and O–H groups in total. The number of thioether (sulfide) groups is 1. The Kier molecular flexibility index (Phi) is 5.32. The normalized spacial score (nSPS) is 12.4. The van der Waals surface area contributed by atoms with E-state index in [1.807, 2.05) is 30.0 Å². The molecule has 100 valence electrons. The van der Waals surface area contributed by atoms with Crippen LogP contribution in [0, 0.1) is 6.92 Å². The lowest BCUT2D eigenvalue weighted by Crippen LogP contribution is -2.10. The Balaban J connectivity index is 2.06. The highest BCUT2D eigenvalue weighted by Crippen LogP contribution is 2.34. The predicted molar refractivity (Wildman–Crippen MR) is 85.7 cm³/mol. The second-order valence-corrected chi connectivity index (χ2v) is 6.14. The molecule has 0 radical (unpaired) electrons. The fourth-order valence-corrected chi connectivity index (χ4v) is 3.45. The van der Waals surface area contributed by atoms with Crippen LogP contribution in [0.1, 0.15) is 21.9 Å². The number of aryl methyl sites for hydroxylation is 1. The van der Waals surface area contributed by atoms with E-state index in [9.17, 15) is 0 Å². The summed E-state index contributed by atoms with van der Waals surface area (Å²) in [6, 6.07) is 16.5. The highest BCUT2D eigenvalue weighted by atomic mass is 35.5. The molecule has 0 aromatic heterocycles. The fraction of sp³-hybridized carbons (Fsp3) is 0.250. The van der Waals surface area contributed by atoms with E-state index in [-0.39, 0.29) is 5.25 Å². The average molecular weight is 292 g/mol. The van der Waals surface area contributed by atoms with Crippen LogP contribution >= 0.6 is 23.4 Å². The van der Waals surface area contributed by atoms with Gasteiger partial charge in [0.05, 0.1) is 0 Å². The van der Waals surface area contributed by atoms with Gasteiger partial charge in [0.1, 0.15) is 0 Å². The summed E-state index contributed by atoms with van der Waals surface area (Å²) in [4.78, 5) is 0. The van der Waals surface area contributed by atoms with Gasteiger partial charge < -0.3 is 5.73 Å². The van der Waals surface area contributed by atoms with Gasteiger partial charge in [0, 0.05) is 22.6 Å². The van der Waals surface area contributed by atoms with Crippen molar-refractivity contribution in [1.82, 2.24) is 0 Å². The maximum absolute atomic E-state index is 6.24. The van der Waals surface area contributed by atoms with Crippen LogP contribution in [0.15, 0.2) is 48.5 Å². The Morgan fingerprint density at radius 3 is 2.63 bits per heavy atom. The number of hydrogen-bond acceptors (Lipinski definition) is 2. The molecule has 0 aliphatic rings. The van der Waals surface area contributed by atoms with E-state index in [2.05, 4.69) is 37.3 Å². The van der Waals surface area contributed by atoms with E-state index < -0.39 is 0 Å². The van der Waals surface area contributed by atoms with Gasteiger partial charge in [-0.2, -0.15) is 0 Å². The van der Waals surface area contributed by atoms with Gasteiger partial charge >= 0.3 is 0 Å². The van der Waals surface area contributed by atoms with Crippen molar-refractivity contribution in [3.8, 4) is 0 Å². The second-order valence-electron chi connectivity index (χ2n) is 4.55. The van der Waals surface area contributed by atoms with Crippen molar-refractivity contribution in [2.75, 3.05) is 6.54 Å². The Bertz CT molecular complexity index is 542. The van der Waals surface area contributed by atoms with Gasteiger partial charge in [-0.3, -0.25) is 0 Å². The Morgan fingerprint density at radius 2 is 1.95 bits per heavy atom. The van der Waals surface area contributed by atoms with Crippen LogP contribution < -0.4 is 5.73 Å². The molecule has 2 rings (SSSR count). The molecule has 0 bridgehead atoms. The fourth-order valence-electron chi connectivity index (χ4n) is 2.02. The number of nitrogens with two attached hydrogens (primary N) is 1. The molecule has 1 unspecified atom stereocenters. The summed E-state index contributed by atoms with van der Waals surface area (Å²) < 4.78 is 0. The third-order valence-electron chi connectivity index (χ3n) is 3.00. The van der Waals surface area contributed by atoms with Gasteiger partial charge in [0.2, 0.25) is 0 Å². The molecule has 0 fully saturated rings. The third-order valence-corrected chi connectivity index (χ3v) is 4.69. The molecule has 2 aromatic carbocycles. The number of benzene rings is 2. The van der Waals surface area contributed by atoms with Crippen LogP contribution in [0.2, 0.25) is 5.02 Å². The smallest absolute Gasteiger partial charge is 0.0449 e. The van der Waals surface area contributed by atoms with Crippen molar-refractivity contribution >= 4 is 23.4 Å². The topological polar surface area (TPSA) is 26.0 Å². The van der Waals surface area contributed by atoms with Gasteiger partial charge in [-0.15, -0.1) is 11.8 Å². The molecule has 0 spiro atoms. The minimum atomic E-state index is 0.245. The molecule has 0 heterocycles. The van der Waals surface area contributed by atoms with Crippen molar-refractivity contribution in [2.24, 2.45) is 5.73 Å². The van der Waals surface area contributed by atoms with E-state index >= 15 is 0 Å². The summed E-state index contributed by atoms with van der Waals surface area (Å²) in [5.74, 6) is 0.953. The zero-order valence-corrected chi connectivity index (χ0v) is 12.5. The SMILES string of the molecule is Cc1cccc(CSC(CN)c2ccccc2Cl)c1. The van der Waals surface area contributed by atoms with E-state index in [1.54, 1.807) is 0 Å². The quantitative estimate of drug-likeness (QED) is 0.872. The molecule has 19 heavy (non-hydrogen) atoms. The predicted octanol–water partition coefficient (Wildman–Crippen LogP) is 4.58. The van der Waals surface area contributed by atoms with Gasteiger partial charge in [0.25, 0.3) is 0 Å². The maximum atomic E-state index is 6.24. The van der Waals surface area contributed by atoms with Crippen molar-refractivity contribution in [3.05, 3.63) is 70.2 Å². The standard InChI is InChI=1S/C16H18ClNS/c1-12-5-4-6-13(9-12)11-19-16(10-18)14-7-2-3-8-15(14)17/h2-9,16H,10-11,18H2,1H3. The second kappa shape index (κ2) is 6.99. The first-order valence-corrected chi connectivity index (χ1v) is 7.75. The van der Waals surface area contributed by atoms with Gasteiger partial charge in [-0.25, -0.2) is 0 Å². The summed E-state index contributed by atoms with van der Waals surface area (Å²) in [5, 5.41) is 1.05. The van der Waals surface area contributed by atoms with Crippen LogP contribution in [-0.4, -0.2) is 6.54 Å². The molecular weight excluding hydrogens is 274 g/mol. The van der Waals surface area contributed by atoms with Crippen LogP contribution in [0.5, 0.6) is 0 Å². The molecule has 0 aliphatic heterocycles. The summed E-state index contributed by atoms with van der Waals surface area (Å²) in [6.07, 6.45) is 0. The molecule has 0 aliphatic carbocycles. The lowest BCUT2D eigenvalue weighted by molar-refractivity contribution is 0.940. The summed E-state index contributed by atoms with van der Waals surface area (Å²) >= 11 is 8.08. The zero-order valence-electron chi connectivity index (χ0n) is 11.0. The highest BCUT2D eigenvalue weighted by molar-refractivity contribution is 7.98. The van der Waals surface area contributed by atoms with Crippen LogP contribution in [0.3, 0.4) is 0 Å². The van der Waals surface area contributed by atoms with Gasteiger partial charge in [-0.05, 0) is 24.1 Å². The Morgan fingerprint density at radius 1 is 1.16 bits per heavy atom. The van der Waals surface area contributed by atoms with Crippen molar-refractivity contribution < 1.29 is 0 Å². The number of rotatable bonds is 5. The lowest BCUT2D eigenvalue weighted by atomic mass is 10.1. The van der Waals surface area contributed by atoms with Gasteiger partial charge in [-0.1, -0.05) is 59.6 Å². The monoisotopic (exact) mass is 291 g/mol. The van der Waals surface area contributed by atoms with Gasteiger partial charge in [0.15, 0.2) is 0 Å². The molecule has 2 aromatic rings. The molecule has 0 saturated heterocycles. The van der Waals surface area contributed by atoms with Crippen LogP contribution in [-0.2, 0) is 5.75 Å². The van der Waals surface area contributed by atoms with E-state index in [4.69, 9.17) is 17.3 Å². The van der Waals surface area contributed by atoms with E-state index in [1.165, 1.54) is 11.1 Å². The highest BCUT2D eigenvalue weighted by Gasteiger charge is 2.13. The molecular formula is C16H18ClNS. The third kappa shape index (κ3) is 4.00. The van der Waals surface area contributed by atoms with Crippen molar-refractivity contribution in [2.45, 2.75) is 17.9 Å². The average Bonchev–Trinajstić information content (AvgIpc) is 2.41. The summed E-state index contributed by atoms with van der Waals surface area (Å²) in [5.41, 5.74) is 9.64. The maximum Gasteiger partial charge on any atom is 0.0449 e. The molecule has 3 heteroatoms. The van der Waals surface area contributed by atoms with E-state index in [0.29, 0.717) is 6.54 Å². The first-order chi connectivity index (χ1) is 9.20. The van der Waals surface area contributed by atoms with E-state index in [0.717, 1.165) is 16.3 Å².